The van der Waals surface area contributed by atoms with Crippen molar-refractivity contribution in [2.45, 2.75) is 19.3 Å². The smallest absolute Gasteiger partial charge is 0.227 e. The van der Waals surface area contributed by atoms with E-state index in [0.717, 1.165) is 18.7 Å². The van der Waals surface area contributed by atoms with Crippen LogP contribution in [0.5, 0.6) is 0 Å². The second kappa shape index (κ2) is 4.35. The predicted molar refractivity (Wildman–Crippen MR) is 56.7 cm³/mol. The lowest BCUT2D eigenvalue weighted by Gasteiger charge is -2.15. The lowest BCUT2D eigenvalue weighted by Crippen LogP contribution is -2.25. The summed E-state index contributed by atoms with van der Waals surface area (Å²) in [6, 6.07) is 7.00. The standard InChI is InChI=1S/C12H13NO3/c14-11-2-1-7-13(11)10-5-3-9(4-6-10)8-12(15)16/h3-6H,1-2,7-8H2,(H,15,16)/p-1. The molecule has 0 radical (unpaired) electrons. The fourth-order valence-electron chi connectivity index (χ4n) is 1.88. The van der Waals surface area contributed by atoms with Crippen LogP contribution in [0.3, 0.4) is 0 Å². The van der Waals surface area contributed by atoms with Gasteiger partial charge in [-0.1, -0.05) is 12.1 Å². The number of carbonyl (C=O) groups excluding carboxylic acids is 2. The number of carboxylic acid groups (broad SMARTS) is 1. The highest BCUT2D eigenvalue weighted by atomic mass is 16.4. The molecule has 1 aliphatic heterocycles. The third kappa shape index (κ3) is 2.21. The highest BCUT2D eigenvalue weighted by Crippen LogP contribution is 2.21. The number of hydrogen-bond acceptors (Lipinski definition) is 3. The molecule has 1 fully saturated rings. The van der Waals surface area contributed by atoms with Crippen molar-refractivity contribution in [1.29, 1.82) is 0 Å². The molecule has 0 saturated carbocycles. The van der Waals surface area contributed by atoms with Gasteiger partial charge >= 0.3 is 0 Å². The number of benzene rings is 1. The van der Waals surface area contributed by atoms with Crippen LogP contribution in [0.15, 0.2) is 24.3 Å². The largest absolute Gasteiger partial charge is 0.550 e. The van der Waals surface area contributed by atoms with Crippen LogP contribution in [0.4, 0.5) is 5.69 Å². The van der Waals surface area contributed by atoms with E-state index in [2.05, 4.69) is 0 Å². The van der Waals surface area contributed by atoms with Crippen LogP contribution < -0.4 is 10.0 Å². The SMILES string of the molecule is O=C([O-])Cc1ccc(N2CCCC2=O)cc1. The van der Waals surface area contributed by atoms with Crippen molar-refractivity contribution >= 4 is 17.6 Å². The molecule has 84 valence electrons. The summed E-state index contributed by atoms with van der Waals surface area (Å²) < 4.78 is 0. The van der Waals surface area contributed by atoms with E-state index in [4.69, 9.17) is 0 Å². The molecule has 0 spiro atoms. The Bertz CT molecular complexity index is 411. The van der Waals surface area contributed by atoms with Gasteiger partial charge < -0.3 is 14.8 Å². The van der Waals surface area contributed by atoms with Gasteiger partial charge in [-0.25, -0.2) is 0 Å². The number of hydrogen-bond donors (Lipinski definition) is 0. The first-order chi connectivity index (χ1) is 7.66. The van der Waals surface area contributed by atoms with E-state index >= 15 is 0 Å². The molecule has 0 aliphatic carbocycles. The molecule has 16 heavy (non-hydrogen) atoms. The Labute approximate surface area is 93.5 Å². The average Bonchev–Trinajstić information content (AvgIpc) is 2.65. The van der Waals surface area contributed by atoms with E-state index in [9.17, 15) is 14.7 Å². The van der Waals surface area contributed by atoms with Crippen molar-refractivity contribution in [1.82, 2.24) is 0 Å². The predicted octanol–water partition coefficient (Wildman–Crippen LogP) is 0.106. The van der Waals surface area contributed by atoms with Crippen LogP contribution in [-0.4, -0.2) is 18.4 Å². The van der Waals surface area contributed by atoms with Crippen molar-refractivity contribution in [3.8, 4) is 0 Å². The number of rotatable bonds is 3. The molecule has 0 bridgehead atoms. The fourth-order valence-corrected chi connectivity index (χ4v) is 1.88. The summed E-state index contributed by atoms with van der Waals surface area (Å²) in [5.41, 5.74) is 1.53. The maximum Gasteiger partial charge on any atom is 0.227 e. The third-order valence-electron chi connectivity index (χ3n) is 2.67. The van der Waals surface area contributed by atoms with Crippen LogP contribution in [0, 0.1) is 0 Å². The first-order valence-corrected chi connectivity index (χ1v) is 5.26. The molecule has 1 heterocycles. The topological polar surface area (TPSA) is 60.4 Å². The Kier molecular flexibility index (Phi) is 2.90. The molecule has 1 saturated heterocycles. The number of nitrogens with zero attached hydrogens (tertiary/aromatic N) is 1. The van der Waals surface area contributed by atoms with E-state index < -0.39 is 5.97 Å². The first kappa shape index (κ1) is 10.7. The molecule has 1 aromatic rings. The normalized spacial score (nSPS) is 15.5. The van der Waals surface area contributed by atoms with Gasteiger partial charge in [-0.2, -0.15) is 0 Å². The number of anilines is 1. The van der Waals surface area contributed by atoms with Gasteiger partial charge in [0.25, 0.3) is 0 Å². The minimum Gasteiger partial charge on any atom is -0.550 e. The van der Waals surface area contributed by atoms with Gasteiger partial charge in [-0.3, -0.25) is 4.79 Å². The zero-order valence-corrected chi connectivity index (χ0v) is 8.81. The number of carbonyl (C=O) groups is 2. The summed E-state index contributed by atoms with van der Waals surface area (Å²) in [4.78, 5) is 23.6. The molecule has 4 nitrogen and oxygen atoms in total. The minimum absolute atomic E-state index is 0.0891. The van der Waals surface area contributed by atoms with E-state index in [1.807, 2.05) is 0 Å². The van der Waals surface area contributed by atoms with Crippen molar-refractivity contribution in [2.24, 2.45) is 0 Å². The third-order valence-corrected chi connectivity index (χ3v) is 2.67. The molecule has 0 N–H and O–H groups in total. The number of amides is 1. The second-order valence-electron chi connectivity index (χ2n) is 3.86. The highest BCUT2D eigenvalue weighted by molar-refractivity contribution is 5.95. The second-order valence-corrected chi connectivity index (χ2v) is 3.86. The molecule has 1 amide bonds. The Balaban J connectivity index is 2.12. The quantitative estimate of drug-likeness (QED) is 0.723. The van der Waals surface area contributed by atoms with E-state index in [1.165, 1.54) is 0 Å². The van der Waals surface area contributed by atoms with Gasteiger partial charge in [0.05, 0.1) is 0 Å². The lowest BCUT2D eigenvalue weighted by molar-refractivity contribution is -0.304. The lowest BCUT2D eigenvalue weighted by atomic mass is 10.1. The molecule has 1 aromatic carbocycles. The maximum atomic E-state index is 11.5. The molecule has 0 atom stereocenters. The van der Waals surface area contributed by atoms with Gasteiger partial charge in [-0.15, -0.1) is 0 Å². The van der Waals surface area contributed by atoms with Crippen LogP contribution in [0.25, 0.3) is 0 Å². The monoisotopic (exact) mass is 218 g/mol. The van der Waals surface area contributed by atoms with Crippen LogP contribution >= 0.6 is 0 Å². The van der Waals surface area contributed by atoms with E-state index in [0.29, 0.717) is 12.0 Å². The van der Waals surface area contributed by atoms with Crippen molar-refractivity contribution < 1.29 is 14.7 Å². The van der Waals surface area contributed by atoms with Crippen LogP contribution in [-0.2, 0) is 16.0 Å². The fraction of sp³-hybridized carbons (Fsp3) is 0.333. The average molecular weight is 218 g/mol. The molecule has 1 aliphatic rings. The minimum atomic E-state index is -1.09. The first-order valence-electron chi connectivity index (χ1n) is 5.26. The Hall–Kier alpha value is -1.84. The summed E-state index contributed by atoms with van der Waals surface area (Å²) in [6.45, 7) is 0.749. The van der Waals surface area contributed by atoms with Crippen molar-refractivity contribution in [3.63, 3.8) is 0 Å². The van der Waals surface area contributed by atoms with Crippen LogP contribution in [0.2, 0.25) is 0 Å². The maximum absolute atomic E-state index is 11.5. The number of carboxylic acids is 1. The molecule has 4 heteroatoms. The van der Waals surface area contributed by atoms with E-state index in [1.54, 1.807) is 29.2 Å². The highest BCUT2D eigenvalue weighted by Gasteiger charge is 2.21. The molecule has 0 aromatic heterocycles. The zero-order valence-electron chi connectivity index (χ0n) is 8.81. The van der Waals surface area contributed by atoms with Gasteiger partial charge in [0.15, 0.2) is 0 Å². The van der Waals surface area contributed by atoms with Gasteiger partial charge in [0, 0.05) is 31.0 Å². The summed E-state index contributed by atoms with van der Waals surface area (Å²) in [7, 11) is 0. The molecular weight excluding hydrogens is 206 g/mol. The van der Waals surface area contributed by atoms with Crippen molar-refractivity contribution in [2.75, 3.05) is 11.4 Å². The Morgan fingerprint density at radius 1 is 1.31 bits per heavy atom. The van der Waals surface area contributed by atoms with Gasteiger partial charge in [-0.05, 0) is 24.1 Å². The Morgan fingerprint density at radius 3 is 2.50 bits per heavy atom. The van der Waals surface area contributed by atoms with Gasteiger partial charge in [0.1, 0.15) is 0 Å². The molecule has 0 unspecified atom stereocenters. The summed E-state index contributed by atoms with van der Waals surface area (Å²) in [5.74, 6) is -0.961. The number of aliphatic carboxylic acids is 1. The summed E-state index contributed by atoms with van der Waals surface area (Å²) in [5, 5.41) is 10.4. The van der Waals surface area contributed by atoms with Crippen LogP contribution in [0.1, 0.15) is 18.4 Å². The molecule has 2 rings (SSSR count). The Morgan fingerprint density at radius 2 is 2.00 bits per heavy atom. The molecular formula is C12H12NO3-. The van der Waals surface area contributed by atoms with E-state index in [-0.39, 0.29) is 12.3 Å². The zero-order chi connectivity index (χ0) is 11.5. The summed E-state index contributed by atoms with van der Waals surface area (Å²) >= 11 is 0. The van der Waals surface area contributed by atoms with Crippen molar-refractivity contribution in [3.05, 3.63) is 29.8 Å². The van der Waals surface area contributed by atoms with Gasteiger partial charge in [0.2, 0.25) is 5.91 Å². The summed E-state index contributed by atoms with van der Waals surface area (Å²) in [6.07, 6.45) is 1.40.